The molecule has 2 saturated heterocycles. The summed E-state index contributed by atoms with van der Waals surface area (Å²) in [5.74, 6) is -0.375. The molecule has 11 unspecified atom stereocenters. The van der Waals surface area contributed by atoms with Crippen molar-refractivity contribution in [3.8, 4) is 0 Å². The van der Waals surface area contributed by atoms with E-state index in [-0.39, 0.29) is 25.6 Å². The molecule has 0 aliphatic carbocycles. The number of hydrogen-bond donors (Lipinski definition) is 7. The number of rotatable bonds is 54. The first kappa shape index (κ1) is 74.8. The van der Waals surface area contributed by atoms with Crippen molar-refractivity contribution in [2.24, 2.45) is 0 Å². The standard InChI is InChI=1S/C67H120O14/c1-3-5-7-9-11-13-15-17-19-21-23-25-27-29-31-33-35-37-39-41-43-45-47-49-51-76-53-56(54-77-66-65(75)63(73)61(71)58(81-66)55-78-67-64(74)62(72)60(70)57(52-68)80-67)79-59(69)50-48-46-44-42-40-38-36-34-32-30-28-26-24-22-20-18-16-14-12-10-8-6-4-2/h5,7,11,13,17,19,23,25,29,31,56-58,60-68,70-75H,3-4,6,8-10,12,14-16,18,20-22,24,26-28,30,32-55H2,1-2H3/b7-5-,13-11-,19-17-,25-23-,31-29-. The first-order valence-electron chi connectivity index (χ1n) is 32.9. The lowest BCUT2D eigenvalue weighted by Gasteiger charge is -2.42. The minimum absolute atomic E-state index is 0.0562. The zero-order valence-electron chi connectivity index (χ0n) is 51.0. The summed E-state index contributed by atoms with van der Waals surface area (Å²) in [5, 5.41) is 72.5. The molecule has 14 heteroatoms. The highest BCUT2D eigenvalue weighted by molar-refractivity contribution is 5.69. The van der Waals surface area contributed by atoms with Gasteiger partial charge in [-0.05, 0) is 57.8 Å². The molecule has 81 heavy (non-hydrogen) atoms. The van der Waals surface area contributed by atoms with Crippen LogP contribution in [0.5, 0.6) is 0 Å². The average Bonchev–Trinajstić information content (AvgIpc) is 3.46. The summed E-state index contributed by atoms with van der Waals surface area (Å²) in [6.07, 6.45) is 51.4. The van der Waals surface area contributed by atoms with Gasteiger partial charge in [0, 0.05) is 13.0 Å². The van der Waals surface area contributed by atoms with Crippen LogP contribution in [-0.4, -0.2) is 142 Å². The number of carbonyl (C=O) groups excluding carboxylic acids is 1. The van der Waals surface area contributed by atoms with Crippen LogP contribution in [0.15, 0.2) is 60.8 Å². The van der Waals surface area contributed by atoms with Gasteiger partial charge in [-0.3, -0.25) is 4.79 Å². The summed E-state index contributed by atoms with van der Waals surface area (Å²) in [6.45, 7) is 3.60. The number of carbonyl (C=O) groups is 1. The van der Waals surface area contributed by atoms with Gasteiger partial charge in [-0.25, -0.2) is 0 Å². The largest absolute Gasteiger partial charge is 0.457 e. The van der Waals surface area contributed by atoms with Crippen molar-refractivity contribution < 1.29 is 69.0 Å². The maximum atomic E-state index is 13.1. The second kappa shape index (κ2) is 53.2. The lowest BCUT2D eigenvalue weighted by Crippen LogP contribution is -2.61. The molecule has 0 bridgehead atoms. The van der Waals surface area contributed by atoms with Gasteiger partial charge in [0.15, 0.2) is 12.6 Å². The van der Waals surface area contributed by atoms with E-state index in [0.29, 0.717) is 13.0 Å². The lowest BCUT2D eigenvalue weighted by atomic mass is 9.98. The Kier molecular flexibility index (Phi) is 49.1. The molecule has 7 N–H and O–H groups in total. The Morgan fingerprint density at radius 1 is 0.420 bits per heavy atom. The van der Waals surface area contributed by atoms with Crippen LogP contribution < -0.4 is 0 Å². The van der Waals surface area contributed by atoms with E-state index in [4.69, 9.17) is 28.4 Å². The van der Waals surface area contributed by atoms with Crippen LogP contribution in [0.3, 0.4) is 0 Å². The fourth-order valence-corrected chi connectivity index (χ4v) is 10.3. The van der Waals surface area contributed by atoms with E-state index in [9.17, 15) is 40.5 Å². The third-order valence-electron chi connectivity index (χ3n) is 15.5. The van der Waals surface area contributed by atoms with E-state index in [1.54, 1.807) is 0 Å². The first-order valence-corrected chi connectivity index (χ1v) is 32.9. The van der Waals surface area contributed by atoms with Crippen LogP contribution in [0, 0.1) is 0 Å². The molecule has 2 heterocycles. The highest BCUT2D eigenvalue weighted by atomic mass is 16.7. The summed E-state index contributed by atoms with van der Waals surface area (Å²) in [4.78, 5) is 13.1. The summed E-state index contributed by atoms with van der Waals surface area (Å²) in [6, 6.07) is 0. The molecule has 2 aliphatic heterocycles. The normalized spacial score (nSPS) is 24.1. The number of ether oxygens (including phenoxy) is 6. The molecule has 0 saturated carbocycles. The van der Waals surface area contributed by atoms with Gasteiger partial charge in [0.05, 0.1) is 26.4 Å². The Morgan fingerprint density at radius 3 is 1.26 bits per heavy atom. The van der Waals surface area contributed by atoms with Gasteiger partial charge in [0.2, 0.25) is 0 Å². The number of aliphatic hydroxyl groups is 7. The van der Waals surface area contributed by atoms with Gasteiger partial charge < -0.3 is 64.2 Å². The topological polar surface area (TPSA) is 214 Å². The zero-order chi connectivity index (χ0) is 58.6. The highest BCUT2D eigenvalue weighted by Crippen LogP contribution is 2.27. The average molecular weight is 1150 g/mol. The van der Waals surface area contributed by atoms with Gasteiger partial charge in [-0.2, -0.15) is 0 Å². The highest BCUT2D eigenvalue weighted by Gasteiger charge is 2.47. The lowest BCUT2D eigenvalue weighted by molar-refractivity contribution is -0.332. The van der Waals surface area contributed by atoms with E-state index >= 15 is 0 Å². The summed E-state index contributed by atoms with van der Waals surface area (Å²) < 4.78 is 34.5. The third-order valence-corrected chi connectivity index (χ3v) is 15.5. The smallest absolute Gasteiger partial charge is 0.306 e. The van der Waals surface area contributed by atoms with Gasteiger partial charge in [-0.1, -0.05) is 254 Å². The zero-order valence-corrected chi connectivity index (χ0v) is 51.0. The van der Waals surface area contributed by atoms with Gasteiger partial charge in [0.1, 0.15) is 54.9 Å². The SMILES string of the molecule is CC/C=C\C/C=C\C/C=C\C/C=C\C/C=C\CCCCCCCCCCOCC(COC1OC(COC2OC(CO)C(O)C(O)C2O)C(O)C(O)C1O)OC(=O)CCCCCCCCCCCCCCCCCCCCCCCCC. The van der Waals surface area contributed by atoms with Crippen molar-refractivity contribution in [3.63, 3.8) is 0 Å². The predicted molar refractivity (Wildman–Crippen MR) is 326 cm³/mol. The van der Waals surface area contributed by atoms with E-state index in [2.05, 4.69) is 74.6 Å². The minimum Gasteiger partial charge on any atom is -0.457 e. The van der Waals surface area contributed by atoms with Gasteiger partial charge in [0.25, 0.3) is 0 Å². The van der Waals surface area contributed by atoms with E-state index < -0.39 is 80.7 Å². The predicted octanol–water partition coefficient (Wildman–Crippen LogP) is 13.2. The van der Waals surface area contributed by atoms with E-state index in [0.717, 1.165) is 77.0 Å². The van der Waals surface area contributed by atoms with Crippen molar-refractivity contribution in [1.29, 1.82) is 0 Å². The molecule has 2 aliphatic rings. The maximum Gasteiger partial charge on any atom is 0.306 e. The molecule has 472 valence electrons. The number of hydrogen-bond acceptors (Lipinski definition) is 14. The molecule has 0 radical (unpaired) electrons. The monoisotopic (exact) mass is 1150 g/mol. The van der Waals surface area contributed by atoms with Gasteiger partial charge >= 0.3 is 5.97 Å². The van der Waals surface area contributed by atoms with E-state index in [1.807, 2.05) is 0 Å². The van der Waals surface area contributed by atoms with Crippen molar-refractivity contribution in [1.82, 2.24) is 0 Å². The van der Waals surface area contributed by atoms with Crippen molar-refractivity contribution >= 4 is 5.97 Å². The van der Waals surface area contributed by atoms with Crippen LogP contribution in [0.2, 0.25) is 0 Å². The molecule has 2 fully saturated rings. The molecular formula is C67H120O14. The Labute approximate surface area is 492 Å². The second-order valence-corrected chi connectivity index (χ2v) is 22.9. The number of unbranched alkanes of at least 4 members (excludes halogenated alkanes) is 30. The quantitative estimate of drug-likeness (QED) is 0.0172. The van der Waals surface area contributed by atoms with Crippen LogP contribution in [0.25, 0.3) is 0 Å². The number of allylic oxidation sites excluding steroid dienone is 10. The van der Waals surface area contributed by atoms with Gasteiger partial charge in [-0.15, -0.1) is 0 Å². The number of esters is 1. The van der Waals surface area contributed by atoms with E-state index in [1.165, 1.54) is 154 Å². The van der Waals surface area contributed by atoms with Crippen LogP contribution >= 0.6 is 0 Å². The third kappa shape index (κ3) is 39.1. The molecule has 11 atom stereocenters. The van der Waals surface area contributed by atoms with Crippen molar-refractivity contribution in [3.05, 3.63) is 60.8 Å². The summed E-state index contributed by atoms with van der Waals surface area (Å²) in [5.41, 5.74) is 0. The molecule has 0 spiro atoms. The summed E-state index contributed by atoms with van der Waals surface area (Å²) >= 11 is 0. The van der Waals surface area contributed by atoms with Crippen LogP contribution in [-0.2, 0) is 33.2 Å². The van der Waals surface area contributed by atoms with Crippen LogP contribution in [0.1, 0.15) is 258 Å². The molecule has 14 nitrogen and oxygen atoms in total. The molecule has 0 aromatic rings. The fourth-order valence-electron chi connectivity index (χ4n) is 10.3. The first-order chi connectivity index (χ1) is 39.6. The molecule has 0 aromatic carbocycles. The molecular weight excluding hydrogens is 1030 g/mol. The Morgan fingerprint density at radius 2 is 0.802 bits per heavy atom. The molecule has 2 rings (SSSR count). The molecule has 0 amide bonds. The fraction of sp³-hybridized carbons (Fsp3) is 0.836. The summed E-state index contributed by atoms with van der Waals surface area (Å²) in [7, 11) is 0. The van der Waals surface area contributed by atoms with Crippen molar-refractivity contribution in [2.45, 2.75) is 325 Å². The Balaban J connectivity index is 1.67. The number of aliphatic hydroxyl groups excluding tert-OH is 7. The maximum absolute atomic E-state index is 13.1. The Bertz CT molecular complexity index is 1570. The minimum atomic E-state index is -1.71. The second-order valence-electron chi connectivity index (χ2n) is 22.9. The molecule has 0 aromatic heterocycles. The Hall–Kier alpha value is -2.31. The van der Waals surface area contributed by atoms with Crippen LogP contribution in [0.4, 0.5) is 0 Å². The van der Waals surface area contributed by atoms with Crippen molar-refractivity contribution in [2.75, 3.05) is 33.0 Å².